The van der Waals surface area contributed by atoms with Crippen molar-refractivity contribution in [3.05, 3.63) is 77.5 Å². The Labute approximate surface area is 286 Å². The van der Waals surface area contributed by atoms with E-state index in [4.69, 9.17) is 9.47 Å². The molecule has 2 aromatic carbocycles. The van der Waals surface area contributed by atoms with E-state index >= 15 is 4.39 Å². The number of hydrogen-bond donors (Lipinski definition) is 2. The van der Waals surface area contributed by atoms with Gasteiger partial charge in [0.25, 0.3) is 5.91 Å². The lowest BCUT2D eigenvalue weighted by Crippen LogP contribution is -2.46. The summed E-state index contributed by atoms with van der Waals surface area (Å²) in [6.07, 6.45) is 3.51. The van der Waals surface area contributed by atoms with Crippen LogP contribution in [0.2, 0.25) is 0 Å². The first-order chi connectivity index (χ1) is 23.4. The zero-order valence-electron chi connectivity index (χ0n) is 29.2. The molecule has 12 heteroatoms. The number of halogens is 1. The number of fused-ring (bicyclic) bond motifs is 1. The minimum atomic E-state index is -0.754. The van der Waals surface area contributed by atoms with Crippen LogP contribution in [0.4, 0.5) is 20.6 Å². The van der Waals surface area contributed by atoms with E-state index in [0.717, 1.165) is 35.9 Å². The van der Waals surface area contributed by atoms with Gasteiger partial charge < -0.3 is 24.3 Å². The average Bonchev–Trinajstić information content (AvgIpc) is 3.69. The van der Waals surface area contributed by atoms with E-state index < -0.39 is 17.7 Å². The topological polar surface area (TPSA) is 122 Å². The molecule has 262 valence electrons. The monoisotopic (exact) mass is 674 g/mol. The lowest BCUT2D eigenvalue weighted by molar-refractivity contribution is -0.132. The third kappa shape index (κ3) is 8.30. The number of ether oxygens (including phenoxy) is 2. The molecule has 3 amide bonds. The van der Waals surface area contributed by atoms with Gasteiger partial charge in [0, 0.05) is 80.4 Å². The summed E-state index contributed by atoms with van der Waals surface area (Å²) in [5.41, 5.74) is 3.26. The standard InChI is InChI=1S/C37H47FN6O5/c1-24(44(36(47)49-37(3,4)5)28-15-13-27(14-16-28)40-35(46)31-17-18-39-41-31)22-32(45)42-19-8-10-26(23-42)33-25(2)29-11-7-12-30(38)34(29)43(33)20-9-21-48-6/h7,11-18,24,26H,8-10,19-23H2,1-6H3,(H,39,41)(H,40,46)/t24-,26?/m1/s1. The van der Waals surface area contributed by atoms with Gasteiger partial charge in [0.2, 0.25) is 5.91 Å². The van der Waals surface area contributed by atoms with Gasteiger partial charge in [-0.2, -0.15) is 5.10 Å². The van der Waals surface area contributed by atoms with Gasteiger partial charge in [0.05, 0.1) is 5.52 Å². The number of nitrogens with one attached hydrogen (secondary N) is 2. The van der Waals surface area contributed by atoms with E-state index in [-0.39, 0.29) is 35.7 Å². The summed E-state index contributed by atoms with van der Waals surface area (Å²) in [4.78, 5) is 43.3. The highest BCUT2D eigenvalue weighted by Gasteiger charge is 2.33. The van der Waals surface area contributed by atoms with E-state index in [0.29, 0.717) is 43.1 Å². The smallest absolute Gasteiger partial charge is 0.415 e. The molecule has 1 unspecified atom stereocenters. The molecule has 2 aromatic heterocycles. The van der Waals surface area contributed by atoms with Crippen LogP contribution in [0.15, 0.2) is 54.7 Å². The minimum absolute atomic E-state index is 0.0357. The highest BCUT2D eigenvalue weighted by molar-refractivity contribution is 6.03. The van der Waals surface area contributed by atoms with Gasteiger partial charge in [-0.3, -0.25) is 19.6 Å². The molecule has 3 heterocycles. The number of aromatic nitrogens is 3. The van der Waals surface area contributed by atoms with Crippen LogP contribution in [-0.2, 0) is 20.8 Å². The van der Waals surface area contributed by atoms with Crippen LogP contribution >= 0.6 is 0 Å². The summed E-state index contributed by atoms with van der Waals surface area (Å²) in [6, 6.07) is 13.0. The fourth-order valence-electron chi connectivity index (χ4n) is 6.72. The summed E-state index contributed by atoms with van der Waals surface area (Å²) in [7, 11) is 1.66. The maximum atomic E-state index is 15.2. The molecule has 4 aromatic rings. The third-order valence-corrected chi connectivity index (χ3v) is 8.86. The second kappa shape index (κ2) is 15.2. The zero-order chi connectivity index (χ0) is 35.3. The molecule has 0 bridgehead atoms. The highest BCUT2D eigenvalue weighted by Crippen LogP contribution is 2.37. The molecule has 2 N–H and O–H groups in total. The van der Waals surface area contributed by atoms with Crippen molar-refractivity contribution in [2.75, 3.05) is 37.0 Å². The van der Waals surface area contributed by atoms with E-state index in [2.05, 4.69) is 20.1 Å². The number of amides is 3. The summed E-state index contributed by atoms with van der Waals surface area (Å²) in [6.45, 7) is 11.6. The van der Waals surface area contributed by atoms with Gasteiger partial charge in [-0.15, -0.1) is 0 Å². The number of carbonyl (C=O) groups is 3. The fraction of sp³-hybridized carbons (Fsp3) is 0.459. The molecular weight excluding hydrogens is 627 g/mol. The molecule has 1 aliphatic heterocycles. The summed E-state index contributed by atoms with van der Waals surface area (Å²) in [5, 5.41) is 10.2. The maximum absolute atomic E-state index is 15.2. The van der Waals surface area contributed by atoms with E-state index in [1.54, 1.807) is 70.5 Å². The zero-order valence-corrected chi connectivity index (χ0v) is 29.2. The summed E-state index contributed by atoms with van der Waals surface area (Å²) < 4.78 is 28.4. The normalized spacial score (nSPS) is 15.7. The number of carbonyl (C=O) groups excluding carboxylic acids is 3. The van der Waals surface area contributed by atoms with Crippen LogP contribution in [-0.4, -0.2) is 76.0 Å². The molecule has 1 fully saturated rings. The third-order valence-electron chi connectivity index (χ3n) is 8.86. The second-order valence-electron chi connectivity index (χ2n) is 13.7. The predicted octanol–water partition coefficient (Wildman–Crippen LogP) is 7.03. The first-order valence-electron chi connectivity index (χ1n) is 16.8. The number of methoxy groups -OCH3 is 1. The van der Waals surface area contributed by atoms with Crippen molar-refractivity contribution in [2.45, 2.75) is 84.4 Å². The Balaban J connectivity index is 1.34. The van der Waals surface area contributed by atoms with Crippen molar-refractivity contribution in [1.82, 2.24) is 19.7 Å². The Hall–Kier alpha value is -4.71. The quantitative estimate of drug-likeness (QED) is 0.165. The number of aromatic amines is 1. The Morgan fingerprint density at radius 3 is 2.57 bits per heavy atom. The fourth-order valence-corrected chi connectivity index (χ4v) is 6.72. The minimum Gasteiger partial charge on any atom is -0.443 e. The van der Waals surface area contributed by atoms with Crippen molar-refractivity contribution in [1.29, 1.82) is 0 Å². The first-order valence-corrected chi connectivity index (χ1v) is 16.8. The number of piperidine rings is 1. The van der Waals surface area contributed by atoms with Crippen LogP contribution < -0.4 is 10.2 Å². The molecule has 49 heavy (non-hydrogen) atoms. The number of anilines is 2. The predicted molar refractivity (Wildman–Crippen MR) is 187 cm³/mol. The van der Waals surface area contributed by atoms with Gasteiger partial charge in [0.1, 0.15) is 17.1 Å². The molecule has 0 spiro atoms. The number of H-pyrrole nitrogens is 1. The summed E-state index contributed by atoms with van der Waals surface area (Å²) >= 11 is 0. The highest BCUT2D eigenvalue weighted by atomic mass is 19.1. The van der Waals surface area contributed by atoms with Crippen molar-refractivity contribution in [3.63, 3.8) is 0 Å². The summed E-state index contributed by atoms with van der Waals surface area (Å²) in [5.74, 6) is -0.655. The van der Waals surface area contributed by atoms with Gasteiger partial charge >= 0.3 is 6.09 Å². The number of para-hydroxylation sites is 1. The number of rotatable bonds is 11. The number of benzene rings is 2. The Morgan fingerprint density at radius 1 is 1.14 bits per heavy atom. The molecule has 1 saturated heterocycles. The van der Waals surface area contributed by atoms with Crippen LogP contribution in [0.25, 0.3) is 10.9 Å². The molecular formula is C37H47FN6O5. The van der Waals surface area contributed by atoms with Crippen molar-refractivity contribution in [2.24, 2.45) is 0 Å². The number of likely N-dealkylation sites (tertiary alicyclic amines) is 1. The maximum Gasteiger partial charge on any atom is 0.415 e. The van der Waals surface area contributed by atoms with E-state index in [1.807, 2.05) is 24.8 Å². The molecule has 0 saturated carbocycles. The van der Waals surface area contributed by atoms with E-state index in [1.165, 1.54) is 11.0 Å². The van der Waals surface area contributed by atoms with Gasteiger partial charge in [0.15, 0.2) is 0 Å². The lowest BCUT2D eigenvalue weighted by Gasteiger charge is -2.36. The van der Waals surface area contributed by atoms with Crippen LogP contribution in [0, 0.1) is 12.7 Å². The molecule has 1 aliphatic rings. The molecule has 0 radical (unpaired) electrons. The Kier molecular flexibility index (Phi) is 11.1. The number of aryl methyl sites for hydroxylation is 2. The largest absolute Gasteiger partial charge is 0.443 e. The molecule has 5 rings (SSSR count). The molecule has 0 aliphatic carbocycles. The number of hydrogen-bond acceptors (Lipinski definition) is 6. The van der Waals surface area contributed by atoms with Gasteiger partial charge in [-0.1, -0.05) is 12.1 Å². The van der Waals surface area contributed by atoms with Gasteiger partial charge in [-0.25, -0.2) is 9.18 Å². The molecule has 2 atom stereocenters. The van der Waals surface area contributed by atoms with Crippen LogP contribution in [0.1, 0.15) is 81.0 Å². The van der Waals surface area contributed by atoms with Gasteiger partial charge in [-0.05, 0) is 95.8 Å². The van der Waals surface area contributed by atoms with E-state index in [9.17, 15) is 14.4 Å². The van der Waals surface area contributed by atoms with Crippen molar-refractivity contribution in [3.8, 4) is 0 Å². The second-order valence-corrected chi connectivity index (χ2v) is 13.7. The van der Waals surface area contributed by atoms with Crippen LogP contribution in [0.5, 0.6) is 0 Å². The number of nitrogens with zero attached hydrogens (tertiary/aromatic N) is 4. The van der Waals surface area contributed by atoms with Crippen molar-refractivity contribution < 1.29 is 28.2 Å². The SMILES string of the molecule is COCCCn1c(C2CCCN(C(=O)C[C@@H](C)N(C(=O)OC(C)(C)C)c3ccc(NC(=O)c4cc[nH]n4)cc3)C2)c(C)c2cccc(F)c21. The Bertz CT molecular complexity index is 1760. The Morgan fingerprint density at radius 2 is 1.90 bits per heavy atom. The lowest BCUT2D eigenvalue weighted by atomic mass is 9.91. The first kappa shape index (κ1) is 35.6. The van der Waals surface area contributed by atoms with Crippen LogP contribution in [0.3, 0.4) is 0 Å². The molecule has 11 nitrogen and oxygen atoms in total. The van der Waals surface area contributed by atoms with Crippen molar-refractivity contribution >= 4 is 40.2 Å². The average molecular weight is 675 g/mol.